The first-order valence-corrected chi connectivity index (χ1v) is 26.5. The van der Waals surface area contributed by atoms with Gasteiger partial charge in [-0.25, -0.2) is 0 Å². The van der Waals surface area contributed by atoms with E-state index in [1.54, 1.807) is 0 Å². The fourth-order valence-electron chi connectivity index (χ4n) is 8.46. The van der Waals surface area contributed by atoms with Gasteiger partial charge in [-0.3, -0.25) is 9.59 Å². The SMILES string of the molecule is CCCCCC(CCCCC)CCOC(=O)CCCCCCCCCC(CCCCCCCCCC(=O)OCCC(CCCCC)CCCCC)OC(C)OCCN(C)C. The molecule has 1 unspecified atom stereocenters. The molecule has 0 aliphatic heterocycles. The molecule has 0 aromatic rings. The first-order chi connectivity index (χ1) is 29.2. The molecule has 7 heteroatoms. The highest BCUT2D eigenvalue weighted by Crippen LogP contribution is 2.23. The van der Waals surface area contributed by atoms with Crippen molar-refractivity contribution in [1.82, 2.24) is 4.90 Å². The van der Waals surface area contributed by atoms with Crippen LogP contribution in [0.25, 0.3) is 0 Å². The number of carbonyl (C=O) groups excluding carboxylic acids is 2. The van der Waals surface area contributed by atoms with E-state index in [9.17, 15) is 9.59 Å². The van der Waals surface area contributed by atoms with Gasteiger partial charge in [0.25, 0.3) is 0 Å². The summed E-state index contributed by atoms with van der Waals surface area (Å²) in [5.41, 5.74) is 0. The number of rotatable bonds is 48. The Morgan fingerprint density at radius 2 is 0.750 bits per heavy atom. The minimum absolute atomic E-state index is 0.000454. The first-order valence-electron chi connectivity index (χ1n) is 26.5. The van der Waals surface area contributed by atoms with E-state index in [2.05, 4.69) is 46.7 Å². The van der Waals surface area contributed by atoms with E-state index in [0.29, 0.717) is 44.5 Å². The Balaban J connectivity index is 4.22. The molecule has 0 aliphatic carbocycles. The van der Waals surface area contributed by atoms with E-state index in [-0.39, 0.29) is 24.3 Å². The van der Waals surface area contributed by atoms with Crippen molar-refractivity contribution in [3.05, 3.63) is 0 Å². The van der Waals surface area contributed by atoms with Gasteiger partial charge in [0.2, 0.25) is 0 Å². The summed E-state index contributed by atoms with van der Waals surface area (Å²) in [6.07, 6.45) is 42.6. The van der Waals surface area contributed by atoms with Gasteiger partial charge in [0.15, 0.2) is 6.29 Å². The summed E-state index contributed by atoms with van der Waals surface area (Å²) in [4.78, 5) is 26.9. The number of hydrogen-bond donors (Lipinski definition) is 0. The van der Waals surface area contributed by atoms with Gasteiger partial charge < -0.3 is 23.8 Å². The summed E-state index contributed by atoms with van der Waals surface area (Å²) in [6, 6.07) is 0. The summed E-state index contributed by atoms with van der Waals surface area (Å²) >= 11 is 0. The van der Waals surface area contributed by atoms with E-state index in [4.69, 9.17) is 18.9 Å². The molecule has 0 spiro atoms. The summed E-state index contributed by atoms with van der Waals surface area (Å²) in [7, 11) is 4.14. The lowest BCUT2D eigenvalue weighted by Crippen LogP contribution is -2.26. The van der Waals surface area contributed by atoms with Crippen LogP contribution in [0, 0.1) is 11.8 Å². The maximum absolute atomic E-state index is 12.4. The van der Waals surface area contributed by atoms with Crippen LogP contribution in [0.5, 0.6) is 0 Å². The van der Waals surface area contributed by atoms with Crippen LogP contribution in [0.2, 0.25) is 0 Å². The molecule has 0 fully saturated rings. The molecule has 0 aromatic heterocycles. The largest absolute Gasteiger partial charge is 0.466 e. The van der Waals surface area contributed by atoms with E-state index in [0.717, 1.165) is 57.9 Å². The zero-order valence-corrected chi connectivity index (χ0v) is 41.5. The highest BCUT2D eigenvalue weighted by molar-refractivity contribution is 5.69. The molecular weight excluding hydrogens is 747 g/mol. The molecule has 358 valence electrons. The topological polar surface area (TPSA) is 74.3 Å². The molecule has 7 nitrogen and oxygen atoms in total. The highest BCUT2D eigenvalue weighted by Gasteiger charge is 2.15. The molecular formula is C53H105NO6. The number of nitrogens with zero attached hydrogens (tertiary/aromatic N) is 1. The van der Waals surface area contributed by atoms with Crippen molar-refractivity contribution in [1.29, 1.82) is 0 Å². The lowest BCUT2D eigenvalue weighted by molar-refractivity contribution is -0.164. The van der Waals surface area contributed by atoms with Gasteiger partial charge in [0.05, 0.1) is 25.9 Å². The smallest absolute Gasteiger partial charge is 0.305 e. The van der Waals surface area contributed by atoms with E-state index < -0.39 is 0 Å². The average Bonchev–Trinajstić information content (AvgIpc) is 3.22. The number of ether oxygens (including phenoxy) is 4. The number of hydrogen-bond acceptors (Lipinski definition) is 7. The molecule has 0 rings (SSSR count). The average molecular weight is 852 g/mol. The van der Waals surface area contributed by atoms with Gasteiger partial charge in [0, 0.05) is 19.4 Å². The fraction of sp³-hybridized carbons (Fsp3) is 0.962. The molecule has 0 saturated heterocycles. The van der Waals surface area contributed by atoms with Crippen LogP contribution in [0.3, 0.4) is 0 Å². The van der Waals surface area contributed by atoms with Crippen LogP contribution >= 0.6 is 0 Å². The van der Waals surface area contributed by atoms with Gasteiger partial charge in [-0.1, -0.05) is 207 Å². The van der Waals surface area contributed by atoms with E-state index in [1.807, 2.05) is 6.92 Å². The minimum Gasteiger partial charge on any atom is -0.466 e. The Morgan fingerprint density at radius 1 is 0.417 bits per heavy atom. The van der Waals surface area contributed by atoms with E-state index in [1.165, 1.54) is 167 Å². The molecule has 60 heavy (non-hydrogen) atoms. The molecule has 0 radical (unpaired) electrons. The molecule has 0 bridgehead atoms. The third-order valence-electron chi connectivity index (χ3n) is 12.5. The summed E-state index contributed by atoms with van der Waals surface area (Å²) in [6.45, 7) is 13.9. The zero-order chi connectivity index (χ0) is 44.2. The molecule has 0 saturated carbocycles. The highest BCUT2D eigenvalue weighted by atomic mass is 16.7. The van der Waals surface area contributed by atoms with Crippen molar-refractivity contribution < 1.29 is 28.5 Å². The number of esters is 2. The Morgan fingerprint density at radius 3 is 1.10 bits per heavy atom. The predicted octanol–water partition coefficient (Wildman–Crippen LogP) is 15.7. The van der Waals surface area contributed by atoms with Gasteiger partial charge in [-0.2, -0.15) is 0 Å². The van der Waals surface area contributed by atoms with Gasteiger partial charge >= 0.3 is 11.9 Å². The van der Waals surface area contributed by atoms with Gasteiger partial charge in [0.1, 0.15) is 0 Å². The summed E-state index contributed by atoms with van der Waals surface area (Å²) in [5.74, 6) is 1.43. The molecule has 0 aromatic carbocycles. The number of carbonyl (C=O) groups is 2. The first kappa shape index (κ1) is 58.8. The monoisotopic (exact) mass is 852 g/mol. The van der Waals surface area contributed by atoms with Crippen LogP contribution in [-0.4, -0.2) is 69.7 Å². The second-order valence-corrected chi connectivity index (χ2v) is 18.8. The minimum atomic E-state index is -0.177. The normalized spacial score (nSPS) is 12.4. The number of unbranched alkanes of at least 4 members (excludes halogenated alkanes) is 20. The second kappa shape index (κ2) is 45.8. The summed E-state index contributed by atoms with van der Waals surface area (Å²) in [5, 5.41) is 0. The standard InChI is InChI=1S/C53H105NO6/c1-8-12-26-34-49(35-27-13-9-2)42-45-58-52(55)40-32-24-20-16-18-22-30-38-51(60-48(5)57-47-44-54(6)7)39-31-23-19-17-21-25-33-41-53(56)59-46-43-50(36-28-14-10-3)37-29-15-11-4/h48-51H,8-47H2,1-7H3. The van der Waals surface area contributed by atoms with Crippen LogP contribution in [0.15, 0.2) is 0 Å². The quantitative estimate of drug-likeness (QED) is 0.0343. The van der Waals surface area contributed by atoms with Gasteiger partial charge in [-0.05, 0) is 71.4 Å². The van der Waals surface area contributed by atoms with Crippen molar-refractivity contribution in [3.63, 3.8) is 0 Å². The third kappa shape index (κ3) is 42.1. The number of likely N-dealkylation sites (N-methyl/N-ethyl adjacent to an activating group) is 1. The lowest BCUT2D eigenvalue weighted by Gasteiger charge is -2.23. The Bertz CT molecular complexity index is 819. The van der Waals surface area contributed by atoms with Crippen LogP contribution in [0.4, 0.5) is 0 Å². The molecule has 0 amide bonds. The predicted molar refractivity (Wildman–Crippen MR) is 257 cm³/mol. The maximum atomic E-state index is 12.4. The molecule has 0 aliphatic rings. The van der Waals surface area contributed by atoms with E-state index >= 15 is 0 Å². The Labute approximate surface area is 374 Å². The molecule has 0 N–H and O–H groups in total. The fourth-order valence-corrected chi connectivity index (χ4v) is 8.46. The lowest BCUT2D eigenvalue weighted by atomic mass is 9.92. The van der Waals surface area contributed by atoms with Crippen LogP contribution in [-0.2, 0) is 28.5 Å². The zero-order valence-electron chi connectivity index (χ0n) is 41.5. The maximum Gasteiger partial charge on any atom is 0.305 e. The van der Waals surface area contributed by atoms with Crippen molar-refractivity contribution in [2.24, 2.45) is 11.8 Å². The van der Waals surface area contributed by atoms with Crippen LogP contribution < -0.4 is 0 Å². The summed E-state index contributed by atoms with van der Waals surface area (Å²) < 4.78 is 23.7. The van der Waals surface area contributed by atoms with Crippen molar-refractivity contribution in [3.8, 4) is 0 Å². The third-order valence-corrected chi connectivity index (χ3v) is 12.5. The van der Waals surface area contributed by atoms with Crippen LogP contribution in [0.1, 0.15) is 266 Å². The molecule has 0 heterocycles. The van der Waals surface area contributed by atoms with Gasteiger partial charge in [-0.15, -0.1) is 0 Å². The molecule has 1 atom stereocenters. The Hall–Kier alpha value is -1.18. The Kier molecular flexibility index (Phi) is 44.9. The van der Waals surface area contributed by atoms with Crippen molar-refractivity contribution >= 4 is 11.9 Å². The van der Waals surface area contributed by atoms with Crippen molar-refractivity contribution in [2.75, 3.05) is 40.5 Å². The second-order valence-electron chi connectivity index (χ2n) is 18.8. The van der Waals surface area contributed by atoms with Crippen molar-refractivity contribution in [2.45, 2.75) is 278 Å².